The van der Waals surface area contributed by atoms with E-state index in [1.807, 2.05) is 25.1 Å². The lowest BCUT2D eigenvalue weighted by molar-refractivity contribution is 0.0567. The van der Waals surface area contributed by atoms with E-state index >= 15 is 0 Å². The zero-order valence-corrected chi connectivity index (χ0v) is 12.6. The number of benzene rings is 1. The fourth-order valence-electron chi connectivity index (χ4n) is 3.38. The topological polar surface area (TPSA) is 15.7 Å². The van der Waals surface area contributed by atoms with E-state index in [2.05, 4.69) is 11.9 Å². The van der Waals surface area contributed by atoms with Crippen molar-refractivity contribution in [2.75, 3.05) is 34.2 Å². The summed E-state index contributed by atoms with van der Waals surface area (Å²) in [5.74, 6) is 0.604. The highest BCUT2D eigenvalue weighted by atomic mass is 19.1. The van der Waals surface area contributed by atoms with E-state index in [0.717, 1.165) is 49.2 Å². The normalized spacial score (nSPS) is 26.1. The highest BCUT2D eigenvalue weighted by Gasteiger charge is 2.41. The summed E-state index contributed by atoms with van der Waals surface area (Å²) in [6.07, 6.45) is 3.07. The standard InChI is InChI=1S/C16H23FN2O/c1-18(2)10-13-8-12-4-5-16(6-7-19(3)11-16)20-15(12)9-14(13)17/h8-9H,4-7,10-11H2,1-3H3. The van der Waals surface area contributed by atoms with Gasteiger partial charge in [-0.2, -0.15) is 0 Å². The summed E-state index contributed by atoms with van der Waals surface area (Å²) >= 11 is 0. The highest BCUT2D eigenvalue weighted by Crippen LogP contribution is 2.39. The maximum Gasteiger partial charge on any atom is 0.131 e. The van der Waals surface area contributed by atoms with Gasteiger partial charge in [-0.25, -0.2) is 4.39 Å². The number of hydrogen-bond donors (Lipinski definition) is 0. The fraction of sp³-hybridized carbons (Fsp3) is 0.625. The average molecular weight is 278 g/mol. The third kappa shape index (κ3) is 2.54. The minimum absolute atomic E-state index is 0.0861. The number of likely N-dealkylation sites (N-methyl/N-ethyl adjacent to an activating group) is 1. The van der Waals surface area contributed by atoms with Crippen molar-refractivity contribution in [2.24, 2.45) is 0 Å². The first-order valence-electron chi connectivity index (χ1n) is 7.31. The molecule has 0 saturated carbocycles. The van der Waals surface area contributed by atoms with Gasteiger partial charge in [-0.15, -0.1) is 0 Å². The Morgan fingerprint density at radius 3 is 2.80 bits per heavy atom. The van der Waals surface area contributed by atoms with Gasteiger partial charge in [-0.1, -0.05) is 0 Å². The van der Waals surface area contributed by atoms with Gasteiger partial charge in [0.05, 0.1) is 0 Å². The third-order valence-electron chi connectivity index (χ3n) is 4.40. The van der Waals surface area contributed by atoms with Gasteiger partial charge >= 0.3 is 0 Å². The number of rotatable bonds is 2. The van der Waals surface area contributed by atoms with Crippen LogP contribution in [0.3, 0.4) is 0 Å². The smallest absolute Gasteiger partial charge is 0.131 e. The summed E-state index contributed by atoms with van der Waals surface area (Å²) in [7, 11) is 6.03. The van der Waals surface area contributed by atoms with Gasteiger partial charge in [-0.05, 0) is 45.6 Å². The van der Waals surface area contributed by atoms with E-state index in [9.17, 15) is 4.39 Å². The Kier molecular flexibility index (Phi) is 3.46. The molecule has 2 aliphatic heterocycles. The summed E-state index contributed by atoms with van der Waals surface area (Å²) in [5, 5.41) is 0. The largest absolute Gasteiger partial charge is 0.485 e. The van der Waals surface area contributed by atoms with Crippen molar-refractivity contribution in [2.45, 2.75) is 31.4 Å². The predicted octanol–water partition coefficient (Wildman–Crippen LogP) is 2.29. The molecule has 0 radical (unpaired) electrons. The first-order valence-corrected chi connectivity index (χ1v) is 7.31. The number of fused-ring (bicyclic) bond motifs is 1. The molecule has 3 rings (SSSR count). The van der Waals surface area contributed by atoms with Crippen LogP contribution in [0.15, 0.2) is 12.1 Å². The number of likely N-dealkylation sites (tertiary alicyclic amines) is 1. The Bertz CT molecular complexity index is 517. The average Bonchev–Trinajstić information content (AvgIpc) is 2.71. The lowest BCUT2D eigenvalue weighted by Gasteiger charge is -2.36. The Hall–Kier alpha value is -1.13. The van der Waals surface area contributed by atoms with Crippen LogP contribution in [0.25, 0.3) is 0 Å². The molecule has 110 valence electrons. The lowest BCUT2D eigenvalue weighted by Crippen LogP contribution is -2.41. The summed E-state index contributed by atoms with van der Waals surface area (Å²) in [6, 6.07) is 3.57. The van der Waals surface area contributed by atoms with Crippen LogP contribution < -0.4 is 4.74 Å². The molecule has 20 heavy (non-hydrogen) atoms. The van der Waals surface area contributed by atoms with Crippen LogP contribution in [0.4, 0.5) is 4.39 Å². The van der Waals surface area contributed by atoms with Crippen LogP contribution >= 0.6 is 0 Å². The van der Waals surface area contributed by atoms with E-state index in [1.54, 1.807) is 6.07 Å². The maximum atomic E-state index is 14.2. The number of halogens is 1. The molecule has 0 N–H and O–H groups in total. The van der Waals surface area contributed by atoms with Crippen molar-refractivity contribution in [3.8, 4) is 5.75 Å². The van der Waals surface area contributed by atoms with Crippen molar-refractivity contribution in [1.29, 1.82) is 0 Å². The quantitative estimate of drug-likeness (QED) is 0.825. The van der Waals surface area contributed by atoms with Crippen LogP contribution in [-0.4, -0.2) is 49.6 Å². The molecule has 1 atom stereocenters. The molecule has 1 aromatic carbocycles. The minimum Gasteiger partial charge on any atom is -0.485 e. The predicted molar refractivity (Wildman–Crippen MR) is 77.6 cm³/mol. The molecule has 1 spiro atoms. The molecule has 2 aliphatic rings. The van der Waals surface area contributed by atoms with Crippen LogP contribution in [0, 0.1) is 5.82 Å². The van der Waals surface area contributed by atoms with Crippen molar-refractivity contribution >= 4 is 0 Å². The molecule has 4 heteroatoms. The molecule has 3 nitrogen and oxygen atoms in total. The van der Waals surface area contributed by atoms with E-state index in [4.69, 9.17) is 4.74 Å². The van der Waals surface area contributed by atoms with E-state index < -0.39 is 0 Å². The fourth-order valence-corrected chi connectivity index (χ4v) is 3.38. The Balaban J connectivity index is 1.86. The molecule has 1 aromatic rings. The molecular formula is C16H23FN2O. The summed E-state index contributed by atoms with van der Waals surface area (Å²) in [4.78, 5) is 4.28. The van der Waals surface area contributed by atoms with Gasteiger partial charge < -0.3 is 14.5 Å². The number of hydrogen-bond acceptors (Lipinski definition) is 3. The molecule has 1 saturated heterocycles. The van der Waals surface area contributed by atoms with Crippen LogP contribution in [0.1, 0.15) is 24.0 Å². The SMILES string of the molecule is CN(C)Cc1cc2c(cc1F)OC1(CC2)CCN(C)C1. The second-order valence-electron chi connectivity index (χ2n) is 6.56. The molecule has 0 aromatic heterocycles. The van der Waals surface area contributed by atoms with Gasteiger partial charge in [0.2, 0.25) is 0 Å². The number of nitrogens with zero attached hydrogens (tertiary/aromatic N) is 2. The van der Waals surface area contributed by atoms with Crippen LogP contribution in [0.5, 0.6) is 5.75 Å². The zero-order valence-electron chi connectivity index (χ0n) is 12.6. The van der Waals surface area contributed by atoms with Gasteiger partial charge in [-0.3, -0.25) is 0 Å². The van der Waals surface area contributed by atoms with E-state index in [0.29, 0.717) is 6.54 Å². The zero-order chi connectivity index (χ0) is 14.3. The Morgan fingerprint density at radius 2 is 2.15 bits per heavy atom. The molecular weight excluding hydrogens is 255 g/mol. The van der Waals surface area contributed by atoms with Gasteiger partial charge in [0, 0.05) is 37.7 Å². The van der Waals surface area contributed by atoms with Crippen molar-refractivity contribution < 1.29 is 9.13 Å². The van der Waals surface area contributed by atoms with Crippen molar-refractivity contribution in [1.82, 2.24) is 9.80 Å². The molecule has 0 bridgehead atoms. The molecule has 2 heterocycles. The lowest BCUT2D eigenvalue weighted by atomic mass is 9.89. The molecule has 0 aliphatic carbocycles. The Labute approximate surface area is 120 Å². The maximum absolute atomic E-state index is 14.2. The van der Waals surface area contributed by atoms with Crippen molar-refractivity contribution in [3.05, 3.63) is 29.1 Å². The van der Waals surface area contributed by atoms with Crippen molar-refractivity contribution in [3.63, 3.8) is 0 Å². The van der Waals surface area contributed by atoms with E-state index in [1.165, 1.54) is 0 Å². The summed E-state index contributed by atoms with van der Waals surface area (Å²) in [6.45, 7) is 2.65. The second kappa shape index (κ2) is 5.01. The number of aryl methyl sites for hydroxylation is 1. The summed E-state index contributed by atoms with van der Waals surface area (Å²) in [5.41, 5.74) is 1.83. The molecule has 0 amide bonds. The molecule has 1 fully saturated rings. The monoisotopic (exact) mass is 278 g/mol. The van der Waals surface area contributed by atoms with Gasteiger partial charge in [0.15, 0.2) is 0 Å². The number of ether oxygens (including phenoxy) is 1. The first-order chi connectivity index (χ1) is 9.47. The van der Waals surface area contributed by atoms with E-state index in [-0.39, 0.29) is 11.4 Å². The van der Waals surface area contributed by atoms with Crippen LogP contribution in [-0.2, 0) is 13.0 Å². The highest BCUT2D eigenvalue weighted by molar-refractivity contribution is 5.41. The molecule has 1 unspecified atom stereocenters. The van der Waals surface area contributed by atoms with Crippen LogP contribution in [0.2, 0.25) is 0 Å². The minimum atomic E-state index is -0.152. The first kappa shape index (κ1) is 13.8. The van der Waals surface area contributed by atoms with Gasteiger partial charge in [0.1, 0.15) is 17.2 Å². The summed E-state index contributed by atoms with van der Waals surface area (Å²) < 4.78 is 20.4. The van der Waals surface area contributed by atoms with Gasteiger partial charge in [0.25, 0.3) is 0 Å². The second-order valence-corrected chi connectivity index (χ2v) is 6.56. The Morgan fingerprint density at radius 1 is 1.35 bits per heavy atom. The third-order valence-corrected chi connectivity index (χ3v) is 4.40.